The number of fused-ring (bicyclic) bond motifs is 2. The standard InChI is InChI=1S/C21H18N2O2/c1-14-10-11-23-18(8-9-20(24)25)21(22-19(23)12-14)17-7-6-15-4-2-3-5-16(15)13-17/h2-7,10-13H,8-9H2,1H3,(H,24,25). The Balaban J connectivity index is 1.91. The van der Waals surface area contributed by atoms with E-state index in [1.165, 1.54) is 5.39 Å². The van der Waals surface area contributed by atoms with Gasteiger partial charge in [-0.3, -0.25) is 4.79 Å². The molecule has 4 nitrogen and oxygen atoms in total. The monoisotopic (exact) mass is 330 g/mol. The predicted octanol–water partition coefficient (Wildman–Crippen LogP) is 4.48. The Morgan fingerprint density at radius 3 is 2.68 bits per heavy atom. The summed E-state index contributed by atoms with van der Waals surface area (Å²) in [5, 5.41) is 11.4. The summed E-state index contributed by atoms with van der Waals surface area (Å²) in [6.45, 7) is 2.03. The summed E-state index contributed by atoms with van der Waals surface area (Å²) in [5.41, 5.74) is 4.79. The molecular formula is C21H18N2O2. The first-order valence-electron chi connectivity index (χ1n) is 8.30. The Morgan fingerprint density at radius 1 is 1.08 bits per heavy atom. The number of carbonyl (C=O) groups is 1. The van der Waals surface area contributed by atoms with Gasteiger partial charge in [0, 0.05) is 18.2 Å². The molecule has 4 aromatic rings. The molecule has 0 aliphatic carbocycles. The van der Waals surface area contributed by atoms with Gasteiger partial charge in [-0.05, 0) is 41.5 Å². The molecule has 25 heavy (non-hydrogen) atoms. The number of hydrogen-bond donors (Lipinski definition) is 1. The average molecular weight is 330 g/mol. The number of carboxylic acid groups (broad SMARTS) is 1. The summed E-state index contributed by atoms with van der Waals surface area (Å²) >= 11 is 0. The summed E-state index contributed by atoms with van der Waals surface area (Å²) < 4.78 is 2.00. The number of aromatic nitrogens is 2. The second-order valence-corrected chi connectivity index (χ2v) is 6.30. The Bertz CT molecular complexity index is 1100. The largest absolute Gasteiger partial charge is 0.481 e. The van der Waals surface area contributed by atoms with E-state index in [2.05, 4.69) is 30.3 Å². The maximum atomic E-state index is 11.1. The number of pyridine rings is 1. The highest BCUT2D eigenvalue weighted by Gasteiger charge is 2.15. The smallest absolute Gasteiger partial charge is 0.303 e. The third kappa shape index (κ3) is 2.87. The van der Waals surface area contributed by atoms with Crippen molar-refractivity contribution >= 4 is 22.4 Å². The number of aryl methyl sites for hydroxylation is 2. The van der Waals surface area contributed by atoms with Crippen molar-refractivity contribution in [3.8, 4) is 11.3 Å². The van der Waals surface area contributed by atoms with Crippen LogP contribution >= 0.6 is 0 Å². The zero-order chi connectivity index (χ0) is 17.4. The normalized spacial score (nSPS) is 11.2. The van der Waals surface area contributed by atoms with Gasteiger partial charge in [-0.2, -0.15) is 0 Å². The summed E-state index contributed by atoms with van der Waals surface area (Å²) in [6.07, 6.45) is 2.50. The van der Waals surface area contributed by atoms with E-state index in [0.717, 1.165) is 33.5 Å². The molecular weight excluding hydrogens is 312 g/mol. The van der Waals surface area contributed by atoms with Crippen molar-refractivity contribution in [1.82, 2.24) is 9.38 Å². The van der Waals surface area contributed by atoms with Crippen LogP contribution in [0, 0.1) is 6.92 Å². The molecule has 2 heterocycles. The van der Waals surface area contributed by atoms with Crippen molar-refractivity contribution in [2.45, 2.75) is 19.8 Å². The van der Waals surface area contributed by atoms with E-state index in [9.17, 15) is 4.79 Å². The van der Waals surface area contributed by atoms with Gasteiger partial charge in [-0.1, -0.05) is 36.4 Å². The minimum absolute atomic E-state index is 0.0856. The second-order valence-electron chi connectivity index (χ2n) is 6.30. The lowest BCUT2D eigenvalue weighted by Crippen LogP contribution is -2.01. The number of benzene rings is 2. The number of aliphatic carboxylic acids is 1. The number of nitrogens with zero attached hydrogens (tertiary/aromatic N) is 2. The summed E-state index contributed by atoms with van der Waals surface area (Å²) in [4.78, 5) is 15.9. The van der Waals surface area contributed by atoms with E-state index in [1.54, 1.807) is 0 Å². The number of rotatable bonds is 4. The molecule has 4 heteroatoms. The van der Waals surface area contributed by atoms with E-state index in [1.807, 2.05) is 41.8 Å². The van der Waals surface area contributed by atoms with Crippen LogP contribution in [0.15, 0.2) is 60.8 Å². The highest BCUT2D eigenvalue weighted by Crippen LogP contribution is 2.28. The zero-order valence-electron chi connectivity index (χ0n) is 13.9. The lowest BCUT2D eigenvalue weighted by molar-refractivity contribution is -0.136. The summed E-state index contributed by atoms with van der Waals surface area (Å²) in [7, 11) is 0. The number of carboxylic acids is 1. The van der Waals surface area contributed by atoms with Crippen LogP contribution in [0.1, 0.15) is 17.7 Å². The first-order chi connectivity index (χ1) is 12.1. The van der Waals surface area contributed by atoms with E-state index in [4.69, 9.17) is 10.1 Å². The third-order valence-electron chi connectivity index (χ3n) is 4.48. The van der Waals surface area contributed by atoms with Crippen LogP contribution in [0.4, 0.5) is 0 Å². The molecule has 2 aromatic heterocycles. The van der Waals surface area contributed by atoms with E-state index < -0.39 is 5.97 Å². The van der Waals surface area contributed by atoms with Gasteiger partial charge in [0.1, 0.15) is 5.65 Å². The Morgan fingerprint density at radius 2 is 1.88 bits per heavy atom. The van der Waals surface area contributed by atoms with Crippen LogP contribution in [-0.4, -0.2) is 20.5 Å². The van der Waals surface area contributed by atoms with Gasteiger partial charge >= 0.3 is 5.97 Å². The fourth-order valence-corrected chi connectivity index (χ4v) is 3.23. The van der Waals surface area contributed by atoms with Crippen molar-refractivity contribution in [1.29, 1.82) is 0 Å². The van der Waals surface area contributed by atoms with Crippen molar-refractivity contribution in [2.24, 2.45) is 0 Å². The van der Waals surface area contributed by atoms with Crippen LogP contribution in [0.3, 0.4) is 0 Å². The molecule has 0 saturated heterocycles. The van der Waals surface area contributed by atoms with Gasteiger partial charge in [0.25, 0.3) is 0 Å². The molecule has 2 aromatic carbocycles. The minimum atomic E-state index is -0.800. The van der Waals surface area contributed by atoms with Crippen LogP contribution in [0.5, 0.6) is 0 Å². The lowest BCUT2D eigenvalue weighted by Gasteiger charge is -2.06. The van der Waals surface area contributed by atoms with Gasteiger partial charge in [0.2, 0.25) is 0 Å². The third-order valence-corrected chi connectivity index (χ3v) is 4.48. The van der Waals surface area contributed by atoms with Crippen molar-refractivity contribution < 1.29 is 9.90 Å². The SMILES string of the molecule is Cc1ccn2c(CCC(=O)O)c(-c3ccc4ccccc4c3)nc2c1. The fourth-order valence-electron chi connectivity index (χ4n) is 3.23. The predicted molar refractivity (Wildman–Crippen MR) is 98.8 cm³/mol. The van der Waals surface area contributed by atoms with Gasteiger partial charge in [0.05, 0.1) is 17.8 Å². The molecule has 0 fully saturated rings. The Hall–Kier alpha value is -3.14. The molecule has 0 bridgehead atoms. The van der Waals surface area contributed by atoms with E-state index in [-0.39, 0.29) is 6.42 Å². The van der Waals surface area contributed by atoms with Crippen molar-refractivity contribution in [3.05, 3.63) is 72.1 Å². The van der Waals surface area contributed by atoms with Crippen LogP contribution in [0.25, 0.3) is 27.7 Å². The number of imidazole rings is 1. The molecule has 0 spiro atoms. The zero-order valence-corrected chi connectivity index (χ0v) is 13.9. The molecule has 0 aliphatic heterocycles. The summed E-state index contributed by atoms with van der Waals surface area (Å²) in [5.74, 6) is -0.800. The molecule has 0 saturated carbocycles. The minimum Gasteiger partial charge on any atom is -0.481 e. The van der Waals surface area contributed by atoms with Crippen LogP contribution in [0.2, 0.25) is 0 Å². The summed E-state index contributed by atoms with van der Waals surface area (Å²) in [6, 6.07) is 18.5. The van der Waals surface area contributed by atoms with E-state index in [0.29, 0.717) is 6.42 Å². The topological polar surface area (TPSA) is 54.6 Å². The average Bonchev–Trinajstić information content (AvgIpc) is 2.97. The lowest BCUT2D eigenvalue weighted by atomic mass is 10.0. The first kappa shape index (κ1) is 15.4. The molecule has 0 atom stereocenters. The first-order valence-corrected chi connectivity index (χ1v) is 8.30. The van der Waals surface area contributed by atoms with Gasteiger partial charge < -0.3 is 9.51 Å². The highest BCUT2D eigenvalue weighted by molar-refractivity contribution is 5.87. The maximum Gasteiger partial charge on any atom is 0.303 e. The highest BCUT2D eigenvalue weighted by atomic mass is 16.4. The van der Waals surface area contributed by atoms with Crippen molar-refractivity contribution in [2.75, 3.05) is 0 Å². The van der Waals surface area contributed by atoms with E-state index >= 15 is 0 Å². The van der Waals surface area contributed by atoms with Gasteiger partial charge in [-0.15, -0.1) is 0 Å². The molecule has 124 valence electrons. The Kier molecular flexibility index (Phi) is 3.73. The molecule has 0 amide bonds. The fraction of sp³-hybridized carbons (Fsp3) is 0.143. The van der Waals surface area contributed by atoms with Crippen LogP contribution in [-0.2, 0) is 11.2 Å². The molecule has 0 aliphatic rings. The quantitative estimate of drug-likeness (QED) is 0.600. The molecule has 0 radical (unpaired) electrons. The Labute approximate surface area is 145 Å². The van der Waals surface area contributed by atoms with Gasteiger partial charge in [0.15, 0.2) is 0 Å². The maximum absolute atomic E-state index is 11.1. The van der Waals surface area contributed by atoms with Crippen LogP contribution < -0.4 is 0 Å². The number of hydrogen-bond acceptors (Lipinski definition) is 2. The van der Waals surface area contributed by atoms with Gasteiger partial charge in [-0.25, -0.2) is 4.98 Å². The molecule has 0 unspecified atom stereocenters. The second kappa shape index (κ2) is 6.06. The molecule has 4 rings (SSSR count). The van der Waals surface area contributed by atoms with Crippen molar-refractivity contribution in [3.63, 3.8) is 0 Å². The molecule has 1 N–H and O–H groups in total.